The van der Waals surface area contributed by atoms with Gasteiger partial charge >= 0.3 is 5.97 Å². The van der Waals surface area contributed by atoms with Crippen molar-refractivity contribution < 1.29 is 24.0 Å². The quantitative estimate of drug-likeness (QED) is 0.246. The first-order chi connectivity index (χ1) is 12.8. The Morgan fingerprint density at radius 3 is 2.59 bits per heavy atom. The number of carbonyl (C=O) groups excluding carboxylic acids is 3. The van der Waals surface area contributed by atoms with Crippen molar-refractivity contribution in [2.45, 2.75) is 6.42 Å². The summed E-state index contributed by atoms with van der Waals surface area (Å²) in [4.78, 5) is 47.9. The van der Waals surface area contributed by atoms with Crippen LogP contribution in [-0.4, -0.2) is 34.2 Å². The highest BCUT2D eigenvalue weighted by molar-refractivity contribution is 6.34. The smallest absolute Gasteiger partial charge is 0.313 e. The molecule has 0 fully saturated rings. The van der Waals surface area contributed by atoms with Crippen molar-refractivity contribution >= 4 is 46.7 Å². The summed E-state index contributed by atoms with van der Waals surface area (Å²) in [7, 11) is 0. The SMILES string of the molecule is O=C(CCN1C(=O)c2cccc([N+](=O)[O-])c2C1=O)Oc1cc(Cl)ccc1Cl. The number of rotatable bonds is 5. The van der Waals surface area contributed by atoms with Crippen LogP contribution in [0.1, 0.15) is 27.1 Å². The third-order valence-corrected chi connectivity index (χ3v) is 4.38. The van der Waals surface area contributed by atoms with Crippen LogP contribution in [0.25, 0.3) is 0 Å². The zero-order valence-electron chi connectivity index (χ0n) is 13.5. The number of carbonyl (C=O) groups is 3. The number of nitro benzene ring substituents is 1. The third-order valence-electron chi connectivity index (χ3n) is 3.83. The number of imide groups is 1. The highest BCUT2D eigenvalue weighted by Crippen LogP contribution is 2.31. The van der Waals surface area contributed by atoms with E-state index in [1.807, 2.05) is 0 Å². The van der Waals surface area contributed by atoms with Gasteiger partial charge in [-0.15, -0.1) is 0 Å². The van der Waals surface area contributed by atoms with Crippen LogP contribution in [0.3, 0.4) is 0 Å². The van der Waals surface area contributed by atoms with Crippen LogP contribution in [0, 0.1) is 10.1 Å². The van der Waals surface area contributed by atoms with Crippen LogP contribution in [0.15, 0.2) is 36.4 Å². The van der Waals surface area contributed by atoms with Crippen molar-refractivity contribution in [3.05, 3.63) is 67.7 Å². The molecule has 0 N–H and O–H groups in total. The average Bonchev–Trinajstić information content (AvgIpc) is 2.87. The fourth-order valence-corrected chi connectivity index (χ4v) is 2.92. The summed E-state index contributed by atoms with van der Waals surface area (Å²) in [5, 5.41) is 11.6. The second-order valence-electron chi connectivity index (χ2n) is 5.52. The molecule has 2 aromatic rings. The van der Waals surface area contributed by atoms with Crippen LogP contribution in [0.4, 0.5) is 5.69 Å². The minimum Gasteiger partial charge on any atom is -0.425 e. The summed E-state index contributed by atoms with van der Waals surface area (Å²) in [6.45, 7) is -0.291. The minimum atomic E-state index is -0.823. The zero-order chi connectivity index (χ0) is 19.7. The first-order valence-electron chi connectivity index (χ1n) is 7.59. The maximum Gasteiger partial charge on any atom is 0.313 e. The highest BCUT2D eigenvalue weighted by Gasteiger charge is 2.40. The molecule has 0 aliphatic carbocycles. The Kier molecular flexibility index (Phi) is 5.11. The van der Waals surface area contributed by atoms with Crippen LogP contribution in [0.5, 0.6) is 5.75 Å². The molecule has 1 heterocycles. The summed E-state index contributed by atoms with van der Waals surface area (Å²) < 4.78 is 5.08. The van der Waals surface area contributed by atoms with Gasteiger partial charge in [0.15, 0.2) is 5.75 Å². The Labute approximate surface area is 162 Å². The molecule has 2 aromatic carbocycles. The standard InChI is InChI=1S/C17H10Cl2N2O6/c18-9-4-5-11(19)13(8-9)27-14(22)6-7-20-16(23)10-2-1-3-12(21(25)26)15(10)17(20)24/h1-5,8H,6-7H2. The van der Waals surface area contributed by atoms with Crippen molar-refractivity contribution in [2.75, 3.05) is 6.54 Å². The van der Waals surface area contributed by atoms with Crippen LogP contribution >= 0.6 is 23.2 Å². The summed E-state index contributed by atoms with van der Waals surface area (Å²) in [6.07, 6.45) is -0.317. The average molecular weight is 409 g/mol. The lowest BCUT2D eigenvalue weighted by molar-refractivity contribution is -0.385. The Morgan fingerprint density at radius 1 is 1.15 bits per heavy atom. The molecule has 138 valence electrons. The first-order valence-corrected chi connectivity index (χ1v) is 8.34. The van der Waals surface area contributed by atoms with Gasteiger partial charge in [0.05, 0.1) is 21.9 Å². The summed E-state index contributed by atoms with van der Waals surface area (Å²) >= 11 is 11.7. The molecule has 0 saturated carbocycles. The number of amides is 2. The van der Waals surface area contributed by atoms with Gasteiger partial charge in [-0.3, -0.25) is 29.4 Å². The van der Waals surface area contributed by atoms with E-state index in [9.17, 15) is 24.5 Å². The second kappa shape index (κ2) is 7.34. The normalized spacial score (nSPS) is 12.9. The van der Waals surface area contributed by atoms with Gasteiger partial charge < -0.3 is 4.74 Å². The number of hydrogen-bond donors (Lipinski definition) is 0. The number of hydrogen-bond acceptors (Lipinski definition) is 6. The van der Waals surface area contributed by atoms with Crippen molar-refractivity contribution in [1.29, 1.82) is 0 Å². The molecule has 1 aliphatic rings. The lowest BCUT2D eigenvalue weighted by atomic mass is 10.1. The largest absolute Gasteiger partial charge is 0.425 e. The number of nitrogens with zero attached hydrogens (tertiary/aromatic N) is 2. The van der Waals surface area contributed by atoms with Gasteiger partial charge in [-0.2, -0.15) is 0 Å². The molecular formula is C17H10Cl2N2O6. The van der Waals surface area contributed by atoms with Gasteiger partial charge in [0.25, 0.3) is 17.5 Å². The van der Waals surface area contributed by atoms with Crippen molar-refractivity contribution in [3.63, 3.8) is 0 Å². The number of ether oxygens (including phenoxy) is 1. The molecular weight excluding hydrogens is 399 g/mol. The van der Waals surface area contributed by atoms with E-state index >= 15 is 0 Å². The fraction of sp³-hybridized carbons (Fsp3) is 0.118. The number of benzene rings is 2. The predicted octanol–water partition coefficient (Wildman–Crippen LogP) is 3.49. The minimum absolute atomic E-state index is 0.0483. The maximum absolute atomic E-state index is 12.4. The van der Waals surface area contributed by atoms with E-state index in [-0.39, 0.29) is 34.9 Å². The van der Waals surface area contributed by atoms with E-state index in [0.717, 1.165) is 11.0 Å². The number of fused-ring (bicyclic) bond motifs is 1. The fourth-order valence-electron chi connectivity index (χ4n) is 2.60. The molecule has 0 unspecified atom stereocenters. The molecule has 2 amide bonds. The van der Waals surface area contributed by atoms with Crippen LogP contribution in [-0.2, 0) is 4.79 Å². The van der Waals surface area contributed by atoms with Crippen molar-refractivity contribution in [3.8, 4) is 5.75 Å². The maximum atomic E-state index is 12.4. The lowest BCUT2D eigenvalue weighted by Gasteiger charge is -2.13. The molecule has 0 radical (unpaired) electrons. The van der Waals surface area contributed by atoms with Crippen molar-refractivity contribution in [2.24, 2.45) is 0 Å². The van der Waals surface area contributed by atoms with E-state index in [2.05, 4.69) is 0 Å². The van der Waals surface area contributed by atoms with Crippen LogP contribution < -0.4 is 4.74 Å². The van der Waals surface area contributed by atoms with E-state index in [4.69, 9.17) is 27.9 Å². The lowest BCUT2D eigenvalue weighted by Crippen LogP contribution is -2.32. The first kappa shape index (κ1) is 18.8. The predicted molar refractivity (Wildman–Crippen MR) is 95.2 cm³/mol. The van der Waals surface area contributed by atoms with Gasteiger partial charge in [0.2, 0.25) is 0 Å². The van der Waals surface area contributed by atoms with Gasteiger partial charge in [-0.1, -0.05) is 29.3 Å². The molecule has 0 spiro atoms. The third kappa shape index (κ3) is 3.62. The monoisotopic (exact) mass is 408 g/mol. The van der Waals surface area contributed by atoms with Gasteiger partial charge in [0, 0.05) is 23.7 Å². The molecule has 0 aromatic heterocycles. The van der Waals surface area contributed by atoms with Gasteiger partial charge in [-0.25, -0.2) is 0 Å². The highest BCUT2D eigenvalue weighted by atomic mass is 35.5. The van der Waals surface area contributed by atoms with E-state index in [1.54, 1.807) is 0 Å². The Balaban J connectivity index is 1.72. The molecule has 0 bridgehead atoms. The summed E-state index contributed by atoms with van der Waals surface area (Å²) in [5.41, 5.74) is -0.805. The molecule has 10 heteroatoms. The summed E-state index contributed by atoms with van der Waals surface area (Å²) in [6, 6.07) is 8.12. The molecule has 8 nitrogen and oxygen atoms in total. The zero-order valence-corrected chi connectivity index (χ0v) is 15.0. The van der Waals surface area contributed by atoms with Crippen molar-refractivity contribution in [1.82, 2.24) is 4.90 Å². The van der Waals surface area contributed by atoms with E-state index in [0.29, 0.717) is 5.02 Å². The second-order valence-corrected chi connectivity index (χ2v) is 6.36. The number of halogens is 2. The molecule has 1 aliphatic heterocycles. The summed E-state index contributed by atoms with van der Waals surface area (Å²) in [5.74, 6) is -2.22. The Bertz CT molecular complexity index is 991. The number of nitro groups is 1. The molecule has 27 heavy (non-hydrogen) atoms. The van der Waals surface area contributed by atoms with Gasteiger partial charge in [-0.05, 0) is 18.2 Å². The number of esters is 1. The molecule has 3 rings (SSSR count). The van der Waals surface area contributed by atoms with Crippen LogP contribution in [0.2, 0.25) is 10.0 Å². The van der Waals surface area contributed by atoms with Gasteiger partial charge in [0.1, 0.15) is 5.56 Å². The Morgan fingerprint density at radius 2 is 1.89 bits per heavy atom. The molecule has 0 saturated heterocycles. The van der Waals surface area contributed by atoms with E-state index in [1.165, 1.54) is 30.3 Å². The van der Waals surface area contributed by atoms with E-state index < -0.39 is 28.4 Å². The Hall–Kier alpha value is -2.97. The topological polar surface area (TPSA) is 107 Å². The molecule has 0 atom stereocenters.